The van der Waals surface area contributed by atoms with Crippen molar-refractivity contribution in [2.75, 3.05) is 20.3 Å². The van der Waals surface area contributed by atoms with Crippen molar-refractivity contribution in [3.63, 3.8) is 0 Å². The predicted octanol–water partition coefficient (Wildman–Crippen LogP) is 2.40. The lowest BCUT2D eigenvalue weighted by molar-refractivity contribution is 0.0646. The average molecular weight is 255 g/mol. The van der Waals surface area contributed by atoms with Gasteiger partial charge in [-0.05, 0) is 32.9 Å². The topological polar surface area (TPSA) is 62.9 Å². The quantitative estimate of drug-likeness (QED) is 0.810. The maximum absolute atomic E-state index is 10.8. The molecule has 0 aliphatic carbocycles. The second-order valence-corrected chi connectivity index (χ2v) is 4.51. The Balaban J connectivity index is 2.80. The number of ether oxygens (including phenoxy) is 1. The fourth-order valence-corrected chi connectivity index (χ4v) is 1.95. The third-order valence-electron chi connectivity index (χ3n) is 2.96. The van der Waals surface area contributed by atoms with Crippen LogP contribution in [0.3, 0.4) is 0 Å². The number of carboxylic acid groups (broad SMARTS) is 1. The molecule has 0 aromatic carbocycles. The highest BCUT2D eigenvalue weighted by Crippen LogP contribution is 2.24. The van der Waals surface area contributed by atoms with Crippen LogP contribution in [-0.4, -0.2) is 42.3 Å². The normalized spacial score (nSPS) is 13.2. The van der Waals surface area contributed by atoms with Crippen molar-refractivity contribution in [3.05, 3.63) is 23.7 Å². The summed E-state index contributed by atoms with van der Waals surface area (Å²) in [6.45, 7) is 7.59. The van der Waals surface area contributed by atoms with E-state index in [1.807, 2.05) is 6.92 Å². The third-order valence-corrected chi connectivity index (χ3v) is 2.96. The van der Waals surface area contributed by atoms with Crippen LogP contribution < -0.4 is 0 Å². The minimum Gasteiger partial charge on any atom is -0.475 e. The van der Waals surface area contributed by atoms with Gasteiger partial charge in [-0.2, -0.15) is 0 Å². The Bertz CT molecular complexity index is 386. The molecule has 1 aromatic heterocycles. The molecule has 1 atom stereocenters. The second-order valence-electron chi connectivity index (χ2n) is 4.51. The highest BCUT2D eigenvalue weighted by atomic mass is 16.5. The highest BCUT2D eigenvalue weighted by molar-refractivity contribution is 5.84. The van der Waals surface area contributed by atoms with Gasteiger partial charge in [-0.25, -0.2) is 4.79 Å². The van der Waals surface area contributed by atoms with Crippen LogP contribution in [0.1, 0.15) is 43.1 Å². The molecule has 1 unspecified atom stereocenters. The number of nitrogens with zero attached hydrogens (tertiary/aromatic N) is 1. The molecule has 102 valence electrons. The highest BCUT2D eigenvalue weighted by Gasteiger charge is 2.22. The smallest absolute Gasteiger partial charge is 0.371 e. The van der Waals surface area contributed by atoms with Crippen molar-refractivity contribution in [1.82, 2.24) is 4.90 Å². The van der Waals surface area contributed by atoms with Gasteiger partial charge in [-0.3, -0.25) is 4.90 Å². The molecule has 1 heterocycles. The van der Waals surface area contributed by atoms with E-state index in [1.165, 1.54) is 6.07 Å². The molecule has 1 N–H and O–H groups in total. The van der Waals surface area contributed by atoms with Crippen molar-refractivity contribution in [1.29, 1.82) is 0 Å². The van der Waals surface area contributed by atoms with E-state index in [4.69, 9.17) is 14.3 Å². The number of aromatic carboxylic acids is 1. The van der Waals surface area contributed by atoms with Crippen LogP contribution in [-0.2, 0) is 4.74 Å². The minimum absolute atomic E-state index is 0.0210. The number of methoxy groups -OCH3 is 1. The molecule has 0 aliphatic rings. The van der Waals surface area contributed by atoms with Crippen LogP contribution in [0, 0.1) is 0 Å². The summed E-state index contributed by atoms with van der Waals surface area (Å²) in [6.07, 6.45) is 0. The Morgan fingerprint density at radius 1 is 1.44 bits per heavy atom. The van der Waals surface area contributed by atoms with E-state index in [0.717, 1.165) is 6.54 Å². The van der Waals surface area contributed by atoms with Gasteiger partial charge in [0.05, 0.1) is 12.6 Å². The lowest BCUT2D eigenvalue weighted by Gasteiger charge is -2.31. The van der Waals surface area contributed by atoms with E-state index in [1.54, 1.807) is 13.2 Å². The molecule has 1 rings (SSSR count). The number of hydrogen-bond acceptors (Lipinski definition) is 4. The first-order valence-electron chi connectivity index (χ1n) is 6.05. The van der Waals surface area contributed by atoms with E-state index in [0.29, 0.717) is 18.4 Å². The number of carbonyl (C=O) groups is 1. The zero-order valence-electron chi connectivity index (χ0n) is 11.3. The molecular weight excluding hydrogens is 234 g/mol. The molecule has 5 heteroatoms. The Hall–Kier alpha value is -1.33. The van der Waals surface area contributed by atoms with Crippen molar-refractivity contribution in [2.24, 2.45) is 0 Å². The van der Waals surface area contributed by atoms with Gasteiger partial charge in [0.2, 0.25) is 5.76 Å². The van der Waals surface area contributed by atoms with Crippen LogP contribution in [0.2, 0.25) is 0 Å². The summed E-state index contributed by atoms with van der Waals surface area (Å²) in [5.74, 6) is -0.397. The maximum Gasteiger partial charge on any atom is 0.371 e. The summed E-state index contributed by atoms with van der Waals surface area (Å²) in [4.78, 5) is 13.0. The molecule has 0 fully saturated rings. The fourth-order valence-electron chi connectivity index (χ4n) is 1.95. The van der Waals surface area contributed by atoms with Crippen LogP contribution in [0.15, 0.2) is 16.5 Å². The van der Waals surface area contributed by atoms with Crippen LogP contribution >= 0.6 is 0 Å². The minimum atomic E-state index is -1.04. The molecule has 1 aromatic rings. The number of rotatable bonds is 7. The van der Waals surface area contributed by atoms with Crippen molar-refractivity contribution < 1.29 is 19.1 Å². The zero-order chi connectivity index (χ0) is 13.7. The summed E-state index contributed by atoms with van der Waals surface area (Å²) >= 11 is 0. The molecule has 18 heavy (non-hydrogen) atoms. The van der Waals surface area contributed by atoms with Gasteiger partial charge < -0.3 is 14.3 Å². The molecule has 0 bridgehead atoms. The van der Waals surface area contributed by atoms with Gasteiger partial charge in [0.25, 0.3) is 0 Å². The van der Waals surface area contributed by atoms with Gasteiger partial charge >= 0.3 is 5.97 Å². The first-order valence-corrected chi connectivity index (χ1v) is 6.05. The first-order chi connectivity index (χ1) is 8.47. The van der Waals surface area contributed by atoms with Crippen LogP contribution in [0.25, 0.3) is 0 Å². The summed E-state index contributed by atoms with van der Waals surface area (Å²) in [7, 11) is 1.67. The number of furan rings is 1. The Kier molecular flexibility index (Phi) is 5.37. The van der Waals surface area contributed by atoms with Crippen molar-refractivity contribution in [3.8, 4) is 0 Å². The van der Waals surface area contributed by atoms with Gasteiger partial charge in [0, 0.05) is 19.7 Å². The monoisotopic (exact) mass is 255 g/mol. The van der Waals surface area contributed by atoms with E-state index in [2.05, 4.69) is 18.7 Å². The Morgan fingerprint density at radius 3 is 2.56 bits per heavy atom. The van der Waals surface area contributed by atoms with E-state index >= 15 is 0 Å². The first kappa shape index (κ1) is 14.7. The van der Waals surface area contributed by atoms with Crippen LogP contribution in [0.4, 0.5) is 0 Å². The molecular formula is C13H21NO4. The molecule has 0 radical (unpaired) electrons. The Labute approximate surface area is 107 Å². The van der Waals surface area contributed by atoms with Crippen molar-refractivity contribution >= 4 is 5.97 Å². The lowest BCUT2D eigenvalue weighted by Crippen LogP contribution is -2.36. The molecule has 0 spiro atoms. The molecule has 0 saturated heterocycles. The van der Waals surface area contributed by atoms with E-state index < -0.39 is 5.97 Å². The molecule has 0 amide bonds. The number of carboxylic acids is 1. The van der Waals surface area contributed by atoms with Crippen LogP contribution in [0.5, 0.6) is 0 Å². The lowest BCUT2D eigenvalue weighted by atomic mass is 10.1. The SMILES string of the molecule is COCCN(C(C)C)C(C)c1ccc(C(=O)O)o1. The predicted molar refractivity (Wildman–Crippen MR) is 67.8 cm³/mol. The Morgan fingerprint density at radius 2 is 2.11 bits per heavy atom. The zero-order valence-corrected chi connectivity index (χ0v) is 11.3. The second kappa shape index (κ2) is 6.56. The largest absolute Gasteiger partial charge is 0.475 e. The third kappa shape index (κ3) is 3.58. The standard InChI is InChI=1S/C13H21NO4/c1-9(2)14(7-8-17-4)10(3)11-5-6-12(18-11)13(15)16/h5-6,9-10H,7-8H2,1-4H3,(H,15,16). The van der Waals surface area contributed by atoms with Gasteiger partial charge in [0.1, 0.15) is 5.76 Å². The molecule has 5 nitrogen and oxygen atoms in total. The van der Waals surface area contributed by atoms with Crippen molar-refractivity contribution in [2.45, 2.75) is 32.9 Å². The van der Waals surface area contributed by atoms with Gasteiger partial charge in [-0.15, -0.1) is 0 Å². The summed E-state index contributed by atoms with van der Waals surface area (Å²) in [5.41, 5.74) is 0. The molecule has 0 aliphatic heterocycles. The number of hydrogen-bond donors (Lipinski definition) is 1. The fraction of sp³-hybridized carbons (Fsp3) is 0.615. The summed E-state index contributed by atoms with van der Waals surface area (Å²) < 4.78 is 10.4. The summed E-state index contributed by atoms with van der Waals surface area (Å²) in [6, 6.07) is 3.56. The van der Waals surface area contributed by atoms with Gasteiger partial charge in [0.15, 0.2) is 0 Å². The van der Waals surface area contributed by atoms with E-state index in [9.17, 15) is 4.79 Å². The van der Waals surface area contributed by atoms with Gasteiger partial charge in [-0.1, -0.05) is 0 Å². The average Bonchev–Trinajstić information content (AvgIpc) is 2.78. The maximum atomic E-state index is 10.8. The van der Waals surface area contributed by atoms with E-state index in [-0.39, 0.29) is 11.8 Å². The summed E-state index contributed by atoms with van der Waals surface area (Å²) in [5, 5.41) is 8.84. The molecule has 0 saturated carbocycles.